The fourth-order valence-electron chi connectivity index (χ4n) is 4.08. The van der Waals surface area contributed by atoms with Crippen LogP contribution in [0, 0.1) is 11.7 Å². The number of anilines is 2. The van der Waals surface area contributed by atoms with Gasteiger partial charge < -0.3 is 4.74 Å². The molecular weight excluding hydrogens is 397 g/mol. The van der Waals surface area contributed by atoms with E-state index in [1.165, 1.54) is 18.2 Å². The number of imide groups is 1. The molecule has 0 radical (unpaired) electrons. The van der Waals surface area contributed by atoms with Gasteiger partial charge in [-0.2, -0.15) is 5.10 Å². The predicted octanol–water partition coefficient (Wildman–Crippen LogP) is 3.62. The lowest BCUT2D eigenvalue weighted by atomic mass is 9.92. The molecule has 0 spiro atoms. The van der Waals surface area contributed by atoms with Gasteiger partial charge in [0.1, 0.15) is 23.5 Å². The average molecular weight is 415 g/mol. The maximum absolute atomic E-state index is 14.5. The van der Waals surface area contributed by atoms with E-state index in [2.05, 4.69) is 5.10 Å². The van der Waals surface area contributed by atoms with E-state index in [9.17, 15) is 14.0 Å². The van der Waals surface area contributed by atoms with E-state index in [1.54, 1.807) is 42.5 Å². The van der Waals surface area contributed by atoms with Crippen LogP contribution in [0.3, 0.4) is 0 Å². The summed E-state index contributed by atoms with van der Waals surface area (Å²) in [6.45, 7) is 0. The van der Waals surface area contributed by atoms with Gasteiger partial charge in [0.25, 0.3) is 5.91 Å². The van der Waals surface area contributed by atoms with Crippen molar-refractivity contribution in [1.82, 2.24) is 0 Å². The molecule has 2 heterocycles. The third-order valence-corrected chi connectivity index (χ3v) is 5.55. The molecule has 2 amide bonds. The minimum absolute atomic E-state index is 0.0472. The van der Waals surface area contributed by atoms with Crippen molar-refractivity contribution in [3.05, 3.63) is 90.2 Å². The third-order valence-electron chi connectivity index (χ3n) is 5.55. The number of amides is 2. The number of nitrogens with zero attached hydrogens (tertiary/aromatic N) is 3. The Morgan fingerprint density at radius 3 is 2.23 bits per heavy atom. The number of hydrazone groups is 1. The first-order valence-electron chi connectivity index (χ1n) is 9.79. The summed E-state index contributed by atoms with van der Waals surface area (Å²) in [7, 11) is 1.57. The zero-order chi connectivity index (χ0) is 21.5. The Bertz CT molecular complexity index is 1190. The molecule has 3 aromatic carbocycles. The number of benzene rings is 3. The molecule has 2 aliphatic heterocycles. The number of fused-ring (bicyclic) bond motifs is 1. The quantitative estimate of drug-likeness (QED) is 0.611. The molecule has 3 aromatic rings. The fraction of sp³-hybridized carbons (Fsp3) is 0.125. The van der Waals surface area contributed by atoms with Crippen LogP contribution in [-0.4, -0.2) is 30.7 Å². The van der Waals surface area contributed by atoms with Crippen molar-refractivity contribution in [2.24, 2.45) is 11.0 Å². The van der Waals surface area contributed by atoms with Crippen molar-refractivity contribution in [1.29, 1.82) is 0 Å². The summed E-state index contributed by atoms with van der Waals surface area (Å²) in [5.41, 5.74) is 1.80. The van der Waals surface area contributed by atoms with Crippen LogP contribution < -0.4 is 14.6 Å². The predicted molar refractivity (Wildman–Crippen MR) is 115 cm³/mol. The fourth-order valence-corrected chi connectivity index (χ4v) is 4.08. The van der Waals surface area contributed by atoms with E-state index in [0.717, 1.165) is 4.90 Å². The van der Waals surface area contributed by atoms with Crippen LogP contribution in [0.15, 0.2) is 84.0 Å². The molecule has 0 aliphatic carbocycles. The van der Waals surface area contributed by atoms with Gasteiger partial charge in [0.2, 0.25) is 5.91 Å². The van der Waals surface area contributed by atoms with Gasteiger partial charge in [-0.25, -0.2) is 9.29 Å². The zero-order valence-corrected chi connectivity index (χ0v) is 16.6. The first-order valence-corrected chi connectivity index (χ1v) is 9.79. The van der Waals surface area contributed by atoms with Crippen molar-refractivity contribution in [3.63, 3.8) is 0 Å². The lowest BCUT2D eigenvalue weighted by Gasteiger charge is -2.22. The van der Waals surface area contributed by atoms with Crippen LogP contribution in [0.4, 0.5) is 15.8 Å². The van der Waals surface area contributed by atoms with E-state index < -0.39 is 29.6 Å². The molecule has 7 heteroatoms. The number of hydrogen-bond donors (Lipinski definition) is 0. The van der Waals surface area contributed by atoms with Crippen LogP contribution >= 0.6 is 0 Å². The van der Waals surface area contributed by atoms with E-state index in [-0.39, 0.29) is 5.69 Å². The molecule has 1 fully saturated rings. The Labute approximate surface area is 178 Å². The first kappa shape index (κ1) is 19.0. The number of rotatable bonds is 4. The SMILES string of the molecule is COc1ccc(C2=NN(c3ccccc3)[C@@H]3C(=O)N(c4ccccc4F)C(=O)[C@@H]23)cc1. The van der Waals surface area contributed by atoms with E-state index in [0.29, 0.717) is 22.7 Å². The monoisotopic (exact) mass is 415 g/mol. The van der Waals surface area contributed by atoms with Crippen molar-refractivity contribution in [3.8, 4) is 5.75 Å². The molecular formula is C24H18FN3O3. The second kappa shape index (κ2) is 7.36. The van der Waals surface area contributed by atoms with Gasteiger partial charge in [-0.1, -0.05) is 30.3 Å². The molecule has 154 valence electrons. The van der Waals surface area contributed by atoms with Gasteiger partial charge in [0.15, 0.2) is 0 Å². The highest BCUT2D eigenvalue weighted by atomic mass is 19.1. The van der Waals surface area contributed by atoms with Gasteiger partial charge in [-0.15, -0.1) is 0 Å². The van der Waals surface area contributed by atoms with Gasteiger partial charge in [-0.05, 0) is 54.1 Å². The van der Waals surface area contributed by atoms with Crippen molar-refractivity contribution >= 4 is 28.9 Å². The topological polar surface area (TPSA) is 62.2 Å². The van der Waals surface area contributed by atoms with Gasteiger partial charge in [0, 0.05) is 0 Å². The third kappa shape index (κ3) is 2.97. The molecule has 0 bridgehead atoms. The lowest BCUT2D eigenvalue weighted by Crippen LogP contribution is -2.39. The standard InChI is InChI=1S/C24H18FN3O3/c1-31-17-13-11-15(12-14-17)21-20-22(28(26-21)16-7-3-2-4-8-16)24(30)27(23(20)29)19-10-6-5-9-18(19)25/h2-14,20,22H,1H3/t20-,22-/m0/s1. The summed E-state index contributed by atoms with van der Waals surface area (Å²) in [6.07, 6.45) is 0. The Morgan fingerprint density at radius 1 is 0.871 bits per heavy atom. The Hall–Kier alpha value is -4.00. The number of hydrogen-bond acceptors (Lipinski definition) is 5. The summed E-state index contributed by atoms with van der Waals surface area (Å²) in [5.74, 6) is -1.80. The van der Waals surface area contributed by atoms with Crippen LogP contribution in [0.1, 0.15) is 5.56 Å². The minimum Gasteiger partial charge on any atom is -0.497 e. The first-order chi connectivity index (χ1) is 15.1. The van der Waals surface area contributed by atoms with Crippen LogP contribution in [-0.2, 0) is 9.59 Å². The smallest absolute Gasteiger partial charge is 0.260 e. The molecule has 5 rings (SSSR count). The minimum atomic E-state index is -0.883. The van der Waals surface area contributed by atoms with Gasteiger partial charge in [-0.3, -0.25) is 14.6 Å². The number of carbonyl (C=O) groups is 2. The van der Waals surface area contributed by atoms with Gasteiger partial charge in [0.05, 0.1) is 24.2 Å². The highest BCUT2D eigenvalue weighted by Crippen LogP contribution is 2.39. The highest BCUT2D eigenvalue weighted by Gasteiger charge is 2.57. The molecule has 0 N–H and O–H groups in total. The number of methoxy groups -OCH3 is 1. The molecule has 1 saturated heterocycles. The summed E-state index contributed by atoms with van der Waals surface area (Å²) in [4.78, 5) is 27.8. The van der Waals surface area contributed by atoms with Crippen molar-refractivity contribution < 1.29 is 18.7 Å². The number of ether oxygens (including phenoxy) is 1. The Balaban J connectivity index is 1.63. The second-order valence-electron chi connectivity index (χ2n) is 7.28. The Kier molecular flexibility index (Phi) is 4.51. The number of halogens is 1. The van der Waals surface area contributed by atoms with E-state index in [4.69, 9.17) is 4.74 Å². The van der Waals surface area contributed by atoms with Crippen LogP contribution in [0.2, 0.25) is 0 Å². The van der Waals surface area contributed by atoms with E-state index in [1.807, 2.05) is 30.3 Å². The maximum Gasteiger partial charge on any atom is 0.260 e. The normalized spacial score (nSPS) is 20.1. The average Bonchev–Trinajstić information content (AvgIpc) is 3.32. The summed E-state index contributed by atoms with van der Waals surface area (Å²) in [6, 6.07) is 21.2. The van der Waals surface area contributed by atoms with Gasteiger partial charge >= 0.3 is 0 Å². The van der Waals surface area contributed by atoms with Crippen LogP contribution in [0.25, 0.3) is 0 Å². The summed E-state index contributed by atoms with van der Waals surface area (Å²) in [5, 5.41) is 6.23. The lowest BCUT2D eigenvalue weighted by molar-refractivity contribution is -0.121. The molecule has 0 aromatic heterocycles. The molecule has 2 atom stereocenters. The molecule has 31 heavy (non-hydrogen) atoms. The molecule has 2 aliphatic rings. The maximum atomic E-state index is 14.5. The second-order valence-corrected chi connectivity index (χ2v) is 7.28. The van der Waals surface area contributed by atoms with Crippen molar-refractivity contribution in [2.45, 2.75) is 6.04 Å². The van der Waals surface area contributed by atoms with E-state index >= 15 is 0 Å². The molecule has 6 nitrogen and oxygen atoms in total. The highest BCUT2D eigenvalue weighted by molar-refractivity contribution is 6.34. The number of para-hydroxylation sites is 2. The van der Waals surface area contributed by atoms with Crippen LogP contribution in [0.5, 0.6) is 5.75 Å². The van der Waals surface area contributed by atoms with Crippen molar-refractivity contribution in [2.75, 3.05) is 17.0 Å². The Morgan fingerprint density at radius 2 is 1.55 bits per heavy atom. The zero-order valence-electron chi connectivity index (χ0n) is 16.6. The largest absolute Gasteiger partial charge is 0.497 e. The summed E-state index contributed by atoms with van der Waals surface area (Å²) >= 11 is 0. The summed E-state index contributed by atoms with van der Waals surface area (Å²) < 4.78 is 19.7. The molecule has 0 unspecified atom stereocenters. The molecule has 0 saturated carbocycles. The number of carbonyl (C=O) groups excluding carboxylic acids is 2.